The third kappa shape index (κ3) is 5.52. The third-order valence-corrected chi connectivity index (χ3v) is 6.72. The van der Waals surface area contributed by atoms with Crippen LogP contribution in [-0.2, 0) is 17.9 Å². The number of carbonyl (C=O) groups excluding carboxylic acids is 1. The quantitative estimate of drug-likeness (QED) is 0.378. The molecule has 3 heterocycles. The first kappa shape index (κ1) is 23.9. The molecule has 1 amide bonds. The minimum Gasteiger partial charge on any atom is -0.494 e. The van der Waals surface area contributed by atoms with Gasteiger partial charge >= 0.3 is 0 Å². The molecule has 7 nitrogen and oxygen atoms in total. The van der Waals surface area contributed by atoms with Crippen LogP contribution in [0.15, 0.2) is 85.3 Å². The van der Waals surface area contributed by atoms with Crippen molar-refractivity contribution in [2.75, 3.05) is 19.7 Å². The average Bonchev–Trinajstić information content (AvgIpc) is 3.59. The van der Waals surface area contributed by atoms with E-state index in [-0.39, 0.29) is 11.8 Å². The molecule has 1 aliphatic rings. The zero-order valence-electron chi connectivity index (χ0n) is 20.7. The molecule has 5 rings (SSSR count). The van der Waals surface area contributed by atoms with Gasteiger partial charge in [0, 0.05) is 37.0 Å². The van der Waals surface area contributed by atoms with Crippen molar-refractivity contribution in [3.8, 4) is 17.3 Å². The first-order valence-corrected chi connectivity index (χ1v) is 12.7. The van der Waals surface area contributed by atoms with Gasteiger partial charge in [-0.1, -0.05) is 30.3 Å². The van der Waals surface area contributed by atoms with Gasteiger partial charge in [0.2, 0.25) is 5.91 Å². The zero-order chi connectivity index (χ0) is 24.7. The number of carbonyl (C=O) groups is 1. The number of nitrogens with one attached hydrogen (secondary N) is 1. The topological polar surface area (TPSA) is 64.3 Å². The van der Waals surface area contributed by atoms with Crippen LogP contribution in [0.4, 0.5) is 0 Å². The van der Waals surface area contributed by atoms with Crippen LogP contribution in [-0.4, -0.2) is 44.9 Å². The molecule has 0 unspecified atom stereocenters. The van der Waals surface area contributed by atoms with Gasteiger partial charge in [-0.2, -0.15) is 5.10 Å². The lowest BCUT2D eigenvalue weighted by molar-refractivity contribution is -0.126. The van der Waals surface area contributed by atoms with Gasteiger partial charge in [0.25, 0.3) is 0 Å². The molecule has 0 atom stereocenters. The molecular formula is C29H33N5O2. The molecule has 1 aliphatic heterocycles. The smallest absolute Gasteiger partial charge is 0.223 e. The summed E-state index contributed by atoms with van der Waals surface area (Å²) in [4.78, 5) is 15.2. The minimum absolute atomic E-state index is 0.0555. The molecule has 1 saturated heterocycles. The van der Waals surface area contributed by atoms with Gasteiger partial charge in [-0.15, -0.1) is 0 Å². The third-order valence-electron chi connectivity index (χ3n) is 6.72. The van der Waals surface area contributed by atoms with E-state index in [0.717, 1.165) is 55.3 Å². The van der Waals surface area contributed by atoms with Gasteiger partial charge in [-0.25, -0.2) is 4.68 Å². The molecule has 0 bridgehead atoms. The highest BCUT2D eigenvalue weighted by Crippen LogP contribution is 2.24. The van der Waals surface area contributed by atoms with E-state index in [1.165, 1.54) is 5.56 Å². The summed E-state index contributed by atoms with van der Waals surface area (Å²) >= 11 is 0. The Kier molecular flexibility index (Phi) is 7.47. The Morgan fingerprint density at radius 2 is 1.72 bits per heavy atom. The lowest BCUT2D eigenvalue weighted by atomic mass is 9.95. The summed E-state index contributed by atoms with van der Waals surface area (Å²) in [5.41, 5.74) is 3.29. The van der Waals surface area contributed by atoms with E-state index in [1.807, 2.05) is 72.4 Å². The second kappa shape index (κ2) is 11.3. The number of benzene rings is 2. The van der Waals surface area contributed by atoms with Gasteiger partial charge in [0.05, 0.1) is 18.5 Å². The summed E-state index contributed by atoms with van der Waals surface area (Å²) in [6.45, 7) is 5.76. The van der Waals surface area contributed by atoms with Crippen LogP contribution in [0.25, 0.3) is 11.5 Å². The van der Waals surface area contributed by atoms with Crippen LogP contribution < -0.4 is 10.1 Å². The number of ether oxygens (including phenoxy) is 1. The number of likely N-dealkylation sites (tertiary alicyclic amines) is 1. The van der Waals surface area contributed by atoms with Crippen molar-refractivity contribution in [2.45, 2.75) is 32.9 Å². The number of aromatic nitrogens is 3. The highest BCUT2D eigenvalue weighted by Gasteiger charge is 2.26. The molecule has 0 saturated carbocycles. The molecule has 0 spiro atoms. The summed E-state index contributed by atoms with van der Waals surface area (Å²) in [5.74, 6) is 2.11. The van der Waals surface area contributed by atoms with Crippen molar-refractivity contribution in [1.29, 1.82) is 0 Å². The van der Waals surface area contributed by atoms with Crippen LogP contribution in [0, 0.1) is 5.92 Å². The van der Waals surface area contributed by atoms with Crippen molar-refractivity contribution in [3.63, 3.8) is 0 Å². The summed E-state index contributed by atoms with van der Waals surface area (Å²) in [6, 6.07) is 22.2. The molecule has 4 aromatic rings. The van der Waals surface area contributed by atoms with Crippen molar-refractivity contribution >= 4 is 5.91 Å². The van der Waals surface area contributed by atoms with Crippen LogP contribution >= 0.6 is 0 Å². The van der Waals surface area contributed by atoms with Crippen molar-refractivity contribution in [1.82, 2.24) is 24.6 Å². The first-order chi connectivity index (χ1) is 17.7. The molecule has 1 fully saturated rings. The lowest BCUT2D eigenvalue weighted by Gasteiger charge is -2.31. The fourth-order valence-electron chi connectivity index (χ4n) is 4.79. The second-order valence-corrected chi connectivity index (χ2v) is 9.18. The van der Waals surface area contributed by atoms with Gasteiger partial charge in [-0.3, -0.25) is 9.69 Å². The van der Waals surface area contributed by atoms with Crippen molar-refractivity contribution < 1.29 is 9.53 Å². The number of nitrogens with zero attached hydrogens (tertiary/aromatic N) is 4. The number of piperidine rings is 1. The van der Waals surface area contributed by atoms with E-state index < -0.39 is 0 Å². The summed E-state index contributed by atoms with van der Waals surface area (Å²) in [7, 11) is 0. The Balaban J connectivity index is 1.18. The molecule has 7 heteroatoms. The Hall–Kier alpha value is -3.84. The Labute approximate surface area is 212 Å². The number of hydrogen-bond donors (Lipinski definition) is 1. The summed E-state index contributed by atoms with van der Waals surface area (Å²) in [6.07, 6.45) is 7.81. The Morgan fingerprint density at radius 3 is 2.42 bits per heavy atom. The van der Waals surface area contributed by atoms with E-state index >= 15 is 0 Å². The van der Waals surface area contributed by atoms with Crippen molar-refractivity contribution in [3.05, 3.63) is 96.4 Å². The lowest BCUT2D eigenvalue weighted by Crippen LogP contribution is -2.40. The van der Waals surface area contributed by atoms with Gasteiger partial charge < -0.3 is 14.6 Å². The van der Waals surface area contributed by atoms with Crippen LogP contribution in [0.5, 0.6) is 5.75 Å². The molecule has 186 valence electrons. The van der Waals surface area contributed by atoms with Crippen LogP contribution in [0.1, 0.15) is 30.9 Å². The predicted octanol–water partition coefficient (Wildman–Crippen LogP) is 4.59. The molecular weight excluding hydrogens is 450 g/mol. The maximum atomic E-state index is 12.8. The van der Waals surface area contributed by atoms with Crippen LogP contribution in [0.2, 0.25) is 0 Å². The summed E-state index contributed by atoms with van der Waals surface area (Å²) < 4.78 is 9.61. The molecule has 36 heavy (non-hydrogen) atoms. The standard InChI is InChI=1S/C29H33N5O2/c1-2-36-27-12-10-23(11-13-27)20-30-28(35)24-14-18-32(19-15-24)22-25-21-31-34(26-8-4-3-5-9-26)29(25)33-16-6-7-17-33/h3-13,16-17,21,24H,2,14-15,18-20,22H2,1H3,(H,30,35). The Morgan fingerprint density at radius 1 is 1.00 bits per heavy atom. The highest BCUT2D eigenvalue weighted by molar-refractivity contribution is 5.78. The fraction of sp³-hybridized carbons (Fsp3) is 0.310. The van der Waals surface area contributed by atoms with Gasteiger partial charge in [0.15, 0.2) is 0 Å². The highest BCUT2D eigenvalue weighted by atomic mass is 16.5. The maximum Gasteiger partial charge on any atom is 0.223 e. The first-order valence-electron chi connectivity index (χ1n) is 12.7. The minimum atomic E-state index is 0.0555. The number of para-hydroxylation sites is 1. The van der Waals surface area contributed by atoms with E-state index in [0.29, 0.717) is 13.2 Å². The monoisotopic (exact) mass is 483 g/mol. The molecule has 2 aromatic heterocycles. The van der Waals surface area contributed by atoms with Crippen LogP contribution in [0.3, 0.4) is 0 Å². The Bertz CT molecular complexity index is 1240. The molecule has 0 radical (unpaired) electrons. The van der Waals surface area contributed by atoms with Gasteiger partial charge in [0.1, 0.15) is 11.6 Å². The van der Waals surface area contributed by atoms with E-state index in [2.05, 4.69) is 39.3 Å². The largest absolute Gasteiger partial charge is 0.494 e. The predicted molar refractivity (Wildman–Crippen MR) is 140 cm³/mol. The SMILES string of the molecule is CCOc1ccc(CNC(=O)C2CCN(Cc3cnn(-c4ccccc4)c3-n3cccc3)CC2)cc1. The normalized spacial score (nSPS) is 14.6. The fourth-order valence-corrected chi connectivity index (χ4v) is 4.79. The molecule has 0 aliphatic carbocycles. The zero-order valence-corrected chi connectivity index (χ0v) is 20.7. The van der Waals surface area contributed by atoms with E-state index in [9.17, 15) is 4.79 Å². The van der Waals surface area contributed by atoms with Gasteiger partial charge in [-0.05, 0) is 74.8 Å². The van der Waals surface area contributed by atoms with Crippen molar-refractivity contribution in [2.24, 2.45) is 5.92 Å². The molecule has 2 aromatic carbocycles. The second-order valence-electron chi connectivity index (χ2n) is 9.18. The summed E-state index contributed by atoms with van der Waals surface area (Å²) in [5, 5.41) is 7.84. The number of amides is 1. The van der Waals surface area contributed by atoms with E-state index in [4.69, 9.17) is 9.84 Å². The average molecular weight is 484 g/mol. The van der Waals surface area contributed by atoms with E-state index in [1.54, 1.807) is 0 Å². The number of hydrogen-bond acceptors (Lipinski definition) is 4. The number of rotatable bonds is 9. The molecule has 1 N–H and O–H groups in total. The maximum absolute atomic E-state index is 12.8.